The molecule has 0 aliphatic rings. The molecule has 3 aromatic rings. The SMILES string of the molecule is CC(c1ccccc1)N(Cc1ccccn1)C(=O)CCc1ccc(F)cc1. The summed E-state index contributed by atoms with van der Waals surface area (Å²) in [5.41, 5.74) is 2.90. The molecule has 0 saturated carbocycles. The zero-order valence-corrected chi connectivity index (χ0v) is 15.4. The van der Waals surface area contributed by atoms with Gasteiger partial charge in [0.15, 0.2) is 0 Å². The number of hydrogen-bond acceptors (Lipinski definition) is 2. The van der Waals surface area contributed by atoms with Gasteiger partial charge in [-0.05, 0) is 48.7 Å². The van der Waals surface area contributed by atoms with E-state index < -0.39 is 0 Å². The normalized spacial score (nSPS) is 11.8. The number of halogens is 1. The van der Waals surface area contributed by atoms with Crippen molar-refractivity contribution in [1.29, 1.82) is 0 Å². The van der Waals surface area contributed by atoms with E-state index in [0.717, 1.165) is 16.8 Å². The number of amides is 1. The Morgan fingerprint density at radius 1 is 1.00 bits per heavy atom. The minimum atomic E-state index is -0.264. The van der Waals surface area contributed by atoms with Gasteiger partial charge in [-0.1, -0.05) is 48.5 Å². The average molecular weight is 362 g/mol. The Hall–Kier alpha value is -3.01. The van der Waals surface area contributed by atoms with Crippen LogP contribution in [0.5, 0.6) is 0 Å². The van der Waals surface area contributed by atoms with Crippen LogP contribution in [0.4, 0.5) is 4.39 Å². The van der Waals surface area contributed by atoms with Crippen molar-refractivity contribution in [2.75, 3.05) is 0 Å². The van der Waals surface area contributed by atoms with Crippen LogP contribution < -0.4 is 0 Å². The summed E-state index contributed by atoms with van der Waals surface area (Å²) in [6.07, 6.45) is 2.69. The fraction of sp³-hybridized carbons (Fsp3) is 0.217. The quantitative estimate of drug-likeness (QED) is 0.596. The standard InChI is InChI=1S/C23H23FN2O/c1-18(20-7-3-2-4-8-20)26(17-22-9-5-6-16-25-22)23(27)15-12-19-10-13-21(24)14-11-19/h2-11,13-14,16,18H,12,15,17H2,1H3. The maximum atomic E-state index is 13.1. The summed E-state index contributed by atoms with van der Waals surface area (Å²) in [4.78, 5) is 19.3. The number of benzene rings is 2. The molecule has 1 amide bonds. The van der Waals surface area contributed by atoms with E-state index in [0.29, 0.717) is 19.4 Å². The summed E-state index contributed by atoms with van der Waals surface area (Å²) in [5, 5.41) is 0. The van der Waals surface area contributed by atoms with Gasteiger partial charge in [0.05, 0.1) is 18.3 Å². The summed E-state index contributed by atoms with van der Waals surface area (Å²) in [6.45, 7) is 2.49. The van der Waals surface area contributed by atoms with Gasteiger partial charge in [0.25, 0.3) is 0 Å². The number of carbonyl (C=O) groups is 1. The van der Waals surface area contributed by atoms with E-state index in [-0.39, 0.29) is 17.8 Å². The summed E-state index contributed by atoms with van der Waals surface area (Å²) >= 11 is 0. The lowest BCUT2D eigenvalue weighted by Crippen LogP contribution is -2.33. The van der Waals surface area contributed by atoms with Gasteiger partial charge in [-0.15, -0.1) is 0 Å². The van der Waals surface area contributed by atoms with Crippen molar-refractivity contribution in [2.24, 2.45) is 0 Å². The molecule has 0 aliphatic carbocycles. The highest BCUT2D eigenvalue weighted by molar-refractivity contribution is 5.77. The van der Waals surface area contributed by atoms with Gasteiger partial charge in [-0.25, -0.2) is 4.39 Å². The van der Waals surface area contributed by atoms with E-state index in [9.17, 15) is 9.18 Å². The number of hydrogen-bond donors (Lipinski definition) is 0. The third-order valence-electron chi connectivity index (χ3n) is 4.67. The lowest BCUT2D eigenvalue weighted by atomic mass is 10.0. The molecule has 0 fully saturated rings. The zero-order valence-electron chi connectivity index (χ0n) is 15.4. The maximum absolute atomic E-state index is 13.1. The highest BCUT2D eigenvalue weighted by Gasteiger charge is 2.22. The van der Waals surface area contributed by atoms with Crippen LogP contribution >= 0.6 is 0 Å². The molecule has 3 rings (SSSR count). The number of rotatable bonds is 7. The fourth-order valence-electron chi connectivity index (χ4n) is 3.06. The number of carbonyl (C=O) groups excluding carboxylic acids is 1. The number of pyridine rings is 1. The second-order valence-electron chi connectivity index (χ2n) is 6.56. The monoisotopic (exact) mass is 362 g/mol. The van der Waals surface area contributed by atoms with Crippen molar-refractivity contribution in [3.63, 3.8) is 0 Å². The van der Waals surface area contributed by atoms with Gasteiger partial charge in [-0.3, -0.25) is 9.78 Å². The lowest BCUT2D eigenvalue weighted by molar-refractivity contribution is -0.134. The van der Waals surface area contributed by atoms with Gasteiger partial charge in [0.1, 0.15) is 5.82 Å². The van der Waals surface area contributed by atoms with Crippen LogP contribution in [0, 0.1) is 5.82 Å². The van der Waals surface area contributed by atoms with Crippen LogP contribution in [0.25, 0.3) is 0 Å². The Morgan fingerprint density at radius 3 is 2.37 bits per heavy atom. The molecule has 0 spiro atoms. The average Bonchev–Trinajstić information content (AvgIpc) is 2.72. The van der Waals surface area contributed by atoms with Crippen LogP contribution in [0.3, 0.4) is 0 Å². The largest absolute Gasteiger partial charge is 0.330 e. The van der Waals surface area contributed by atoms with E-state index in [1.165, 1.54) is 12.1 Å². The molecule has 0 radical (unpaired) electrons. The first-order valence-corrected chi connectivity index (χ1v) is 9.12. The number of aryl methyl sites for hydroxylation is 1. The van der Waals surface area contributed by atoms with Crippen molar-refractivity contribution in [3.05, 3.63) is 102 Å². The summed E-state index contributed by atoms with van der Waals surface area (Å²) < 4.78 is 13.1. The Kier molecular flexibility index (Phi) is 6.31. The first-order chi connectivity index (χ1) is 13.1. The van der Waals surface area contributed by atoms with Crippen molar-refractivity contribution >= 4 is 5.91 Å². The second-order valence-corrected chi connectivity index (χ2v) is 6.56. The Balaban J connectivity index is 1.75. The first-order valence-electron chi connectivity index (χ1n) is 9.12. The molecular weight excluding hydrogens is 339 g/mol. The lowest BCUT2D eigenvalue weighted by Gasteiger charge is -2.29. The molecule has 4 heteroatoms. The van der Waals surface area contributed by atoms with Crippen molar-refractivity contribution < 1.29 is 9.18 Å². The summed E-state index contributed by atoms with van der Waals surface area (Å²) in [5.74, 6) is -0.208. The number of nitrogens with zero attached hydrogens (tertiary/aromatic N) is 2. The third-order valence-corrected chi connectivity index (χ3v) is 4.67. The molecule has 27 heavy (non-hydrogen) atoms. The molecule has 2 aromatic carbocycles. The molecule has 1 aromatic heterocycles. The molecule has 138 valence electrons. The van der Waals surface area contributed by atoms with Crippen molar-refractivity contribution in [3.8, 4) is 0 Å². The molecular formula is C23H23FN2O. The Bertz CT molecular complexity index is 851. The van der Waals surface area contributed by atoms with Crippen LogP contribution in [-0.2, 0) is 17.8 Å². The summed E-state index contributed by atoms with van der Waals surface area (Å²) in [7, 11) is 0. The van der Waals surface area contributed by atoms with E-state index >= 15 is 0 Å². The zero-order chi connectivity index (χ0) is 19.1. The molecule has 3 nitrogen and oxygen atoms in total. The van der Waals surface area contributed by atoms with E-state index in [1.807, 2.05) is 60.4 Å². The minimum Gasteiger partial charge on any atom is -0.330 e. The number of aromatic nitrogens is 1. The van der Waals surface area contributed by atoms with Gasteiger partial charge >= 0.3 is 0 Å². The minimum absolute atomic E-state index is 0.0568. The molecule has 0 aliphatic heterocycles. The van der Waals surface area contributed by atoms with Crippen LogP contribution in [0.15, 0.2) is 79.0 Å². The van der Waals surface area contributed by atoms with Crippen molar-refractivity contribution in [2.45, 2.75) is 32.4 Å². The van der Waals surface area contributed by atoms with E-state index in [1.54, 1.807) is 18.3 Å². The van der Waals surface area contributed by atoms with Crippen LogP contribution in [0.1, 0.15) is 36.2 Å². The van der Waals surface area contributed by atoms with E-state index in [2.05, 4.69) is 4.98 Å². The molecule has 1 unspecified atom stereocenters. The first kappa shape index (κ1) is 18.8. The summed E-state index contributed by atoms with van der Waals surface area (Å²) in [6, 6.07) is 22.0. The topological polar surface area (TPSA) is 33.2 Å². The molecule has 0 bridgehead atoms. The molecule has 1 heterocycles. The molecule has 1 atom stereocenters. The predicted octanol–water partition coefficient (Wildman–Crippen LogP) is 4.94. The van der Waals surface area contributed by atoms with Crippen LogP contribution in [0.2, 0.25) is 0 Å². The highest BCUT2D eigenvalue weighted by Crippen LogP contribution is 2.23. The van der Waals surface area contributed by atoms with Crippen molar-refractivity contribution in [1.82, 2.24) is 9.88 Å². The second kappa shape index (κ2) is 9.08. The fourth-order valence-corrected chi connectivity index (χ4v) is 3.06. The third kappa shape index (κ3) is 5.23. The Morgan fingerprint density at radius 2 is 1.70 bits per heavy atom. The smallest absolute Gasteiger partial charge is 0.223 e. The van der Waals surface area contributed by atoms with Gasteiger partial charge < -0.3 is 4.90 Å². The van der Waals surface area contributed by atoms with E-state index in [4.69, 9.17) is 0 Å². The molecule has 0 N–H and O–H groups in total. The predicted molar refractivity (Wildman–Crippen MR) is 104 cm³/mol. The highest BCUT2D eigenvalue weighted by atomic mass is 19.1. The van der Waals surface area contributed by atoms with Crippen LogP contribution in [-0.4, -0.2) is 15.8 Å². The van der Waals surface area contributed by atoms with Gasteiger partial charge in [-0.2, -0.15) is 0 Å². The van der Waals surface area contributed by atoms with Gasteiger partial charge in [0.2, 0.25) is 5.91 Å². The maximum Gasteiger partial charge on any atom is 0.223 e. The molecule has 0 saturated heterocycles. The van der Waals surface area contributed by atoms with Gasteiger partial charge in [0, 0.05) is 12.6 Å². The Labute approximate surface area is 159 Å².